The Morgan fingerprint density at radius 2 is 2.25 bits per heavy atom. The van der Waals surface area contributed by atoms with Crippen LogP contribution in [0.15, 0.2) is 4.99 Å². The third-order valence-corrected chi connectivity index (χ3v) is 2.91. The van der Waals surface area contributed by atoms with Crippen molar-refractivity contribution >= 4 is 29.3 Å². The minimum absolute atomic E-state index is 0.401. The summed E-state index contributed by atoms with van der Waals surface area (Å²) in [5, 5.41) is 0. The molecule has 0 aromatic heterocycles. The summed E-state index contributed by atoms with van der Waals surface area (Å²) in [5.41, 5.74) is 0. The van der Waals surface area contributed by atoms with Crippen LogP contribution < -0.4 is 0 Å². The molecule has 0 amide bonds. The van der Waals surface area contributed by atoms with Gasteiger partial charge in [0, 0.05) is 0 Å². The third-order valence-electron chi connectivity index (χ3n) is 1.29. The van der Waals surface area contributed by atoms with Crippen LogP contribution in [0.25, 0.3) is 0 Å². The van der Waals surface area contributed by atoms with Crippen LogP contribution in [0.2, 0.25) is 0 Å². The fraction of sp³-hybridized carbons (Fsp3) is 0.833. The van der Waals surface area contributed by atoms with E-state index in [1.807, 2.05) is 0 Å². The molecule has 0 spiro atoms. The molecular weight excluding hydrogens is 213 g/mol. The Morgan fingerprint density at radius 1 is 1.75 bits per heavy atom. The molecule has 1 unspecified atom stereocenters. The molecule has 0 saturated carbocycles. The fourth-order valence-corrected chi connectivity index (χ4v) is 0.883. The zero-order valence-electron chi connectivity index (χ0n) is 5.39. The molecule has 2 heteroatoms. The molecule has 0 fully saturated rings. The van der Waals surface area contributed by atoms with Crippen LogP contribution in [0, 0.1) is 5.92 Å². The molecule has 0 bridgehead atoms. The highest BCUT2D eigenvalue weighted by atomic mass is 127. The number of nitrogens with zero attached hydrogens (tertiary/aromatic N) is 1. The molecule has 0 aliphatic rings. The van der Waals surface area contributed by atoms with Crippen molar-refractivity contribution in [3.63, 3.8) is 0 Å². The second-order valence-electron chi connectivity index (χ2n) is 1.94. The zero-order valence-corrected chi connectivity index (χ0v) is 7.55. The summed E-state index contributed by atoms with van der Waals surface area (Å²) in [6.07, 6.45) is 1.19. The maximum atomic E-state index is 3.90. The molecule has 0 aliphatic carbocycles. The summed E-state index contributed by atoms with van der Waals surface area (Å²) in [4.78, 5) is 3.90. The van der Waals surface area contributed by atoms with Crippen LogP contribution in [0.3, 0.4) is 0 Å². The Morgan fingerprint density at radius 3 is 2.38 bits per heavy atom. The van der Waals surface area contributed by atoms with E-state index in [-0.39, 0.29) is 0 Å². The lowest BCUT2D eigenvalue weighted by Crippen LogP contribution is -2.05. The van der Waals surface area contributed by atoms with Gasteiger partial charge in [-0.2, -0.15) is 0 Å². The number of alkyl halides is 1. The molecule has 1 nitrogen and oxygen atoms in total. The normalized spacial score (nSPS) is 17.4. The Kier molecular flexibility index (Phi) is 4.51. The van der Waals surface area contributed by atoms with Gasteiger partial charge in [-0.1, -0.05) is 42.9 Å². The topological polar surface area (TPSA) is 12.4 Å². The summed E-state index contributed by atoms with van der Waals surface area (Å²) < 4.78 is 0.401. The summed E-state index contributed by atoms with van der Waals surface area (Å²) >= 11 is 2.30. The SMILES string of the molecule is C=NC(I)[C@@H](C)CC. The van der Waals surface area contributed by atoms with E-state index in [9.17, 15) is 0 Å². The van der Waals surface area contributed by atoms with Crippen molar-refractivity contribution in [1.82, 2.24) is 0 Å². The predicted octanol–water partition coefficient (Wildman–Crippen LogP) is 2.49. The van der Waals surface area contributed by atoms with Gasteiger partial charge in [0.15, 0.2) is 0 Å². The minimum atomic E-state index is 0.401. The second-order valence-corrected chi connectivity index (χ2v) is 3.22. The largest absolute Gasteiger partial charge is 0.287 e. The first-order valence-electron chi connectivity index (χ1n) is 2.82. The van der Waals surface area contributed by atoms with Gasteiger partial charge in [0.1, 0.15) is 4.05 Å². The van der Waals surface area contributed by atoms with Crippen molar-refractivity contribution < 1.29 is 0 Å². The number of hydrogen-bond acceptors (Lipinski definition) is 1. The molecule has 48 valence electrons. The van der Waals surface area contributed by atoms with Gasteiger partial charge in [0.05, 0.1) is 0 Å². The highest BCUT2D eigenvalue weighted by Crippen LogP contribution is 2.16. The molecule has 0 aliphatic heterocycles. The highest BCUT2D eigenvalue weighted by Gasteiger charge is 2.06. The lowest BCUT2D eigenvalue weighted by atomic mass is 10.1. The first-order valence-corrected chi connectivity index (χ1v) is 4.06. The van der Waals surface area contributed by atoms with E-state index in [1.165, 1.54) is 6.42 Å². The van der Waals surface area contributed by atoms with Crippen LogP contribution >= 0.6 is 22.6 Å². The van der Waals surface area contributed by atoms with Gasteiger partial charge in [-0.15, -0.1) is 0 Å². The van der Waals surface area contributed by atoms with Crippen molar-refractivity contribution in [3.05, 3.63) is 0 Å². The predicted molar refractivity (Wildman–Crippen MR) is 46.8 cm³/mol. The van der Waals surface area contributed by atoms with Crippen LogP contribution in [0.4, 0.5) is 0 Å². The Balaban J connectivity index is 3.44. The fourth-order valence-electron chi connectivity index (χ4n) is 0.374. The zero-order chi connectivity index (χ0) is 6.57. The van der Waals surface area contributed by atoms with Gasteiger partial charge in [0.2, 0.25) is 0 Å². The van der Waals surface area contributed by atoms with E-state index in [0.29, 0.717) is 9.97 Å². The third kappa shape index (κ3) is 2.64. The first-order chi connectivity index (χ1) is 3.72. The Labute approximate surface area is 64.7 Å². The summed E-state index contributed by atoms with van der Waals surface area (Å²) in [6.45, 7) is 7.83. The van der Waals surface area contributed by atoms with Crippen molar-refractivity contribution in [1.29, 1.82) is 0 Å². The van der Waals surface area contributed by atoms with Gasteiger partial charge in [-0.25, -0.2) is 0 Å². The quantitative estimate of drug-likeness (QED) is 0.303. The van der Waals surface area contributed by atoms with E-state index < -0.39 is 0 Å². The molecule has 0 N–H and O–H groups in total. The van der Waals surface area contributed by atoms with E-state index >= 15 is 0 Å². The lowest BCUT2D eigenvalue weighted by Gasteiger charge is -2.09. The molecule has 0 radical (unpaired) electrons. The van der Waals surface area contributed by atoms with Crippen LogP contribution in [0.5, 0.6) is 0 Å². The highest BCUT2D eigenvalue weighted by molar-refractivity contribution is 14.1. The van der Waals surface area contributed by atoms with Crippen molar-refractivity contribution in [3.8, 4) is 0 Å². The van der Waals surface area contributed by atoms with Crippen molar-refractivity contribution in [2.75, 3.05) is 0 Å². The van der Waals surface area contributed by atoms with Gasteiger partial charge >= 0.3 is 0 Å². The number of rotatable bonds is 3. The van der Waals surface area contributed by atoms with E-state index in [1.54, 1.807) is 0 Å². The molecule has 8 heavy (non-hydrogen) atoms. The second kappa shape index (κ2) is 4.30. The standard InChI is InChI=1S/C6H12IN/c1-4-5(2)6(7)8-3/h5-6H,3-4H2,1-2H3/t5-,6?/m0/s1. The Bertz CT molecular complexity index is 72.9. The molecule has 2 atom stereocenters. The maximum absolute atomic E-state index is 3.90. The molecular formula is C6H12IN. The van der Waals surface area contributed by atoms with Gasteiger partial charge in [-0.05, 0) is 12.6 Å². The molecule has 0 saturated heterocycles. The maximum Gasteiger partial charge on any atom is 0.103 e. The number of hydrogen-bond donors (Lipinski definition) is 0. The van der Waals surface area contributed by atoms with E-state index in [2.05, 4.69) is 48.1 Å². The minimum Gasteiger partial charge on any atom is -0.287 e. The monoisotopic (exact) mass is 225 g/mol. The number of halogens is 1. The lowest BCUT2D eigenvalue weighted by molar-refractivity contribution is 0.562. The Hall–Kier alpha value is 0.400. The van der Waals surface area contributed by atoms with Gasteiger partial charge in [0.25, 0.3) is 0 Å². The van der Waals surface area contributed by atoms with Gasteiger partial charge < -0.3 is 0 Å². The van der Waals surface area contributed by atoms with Crippen LogP contribution in [-0.2, 0) is 0 Å². The first kappa shape index (κ1) is 8.40. The van der Waals surface area contributed by atoms with Crippen LogP contribution in [0.1, 0.15) is 20.3 Å². The average molecular weight is 225 g/mol. The molecule has 0 rings (SSSR count). The molecule has 0 heterocycles. The van der Waals surface area contributed by atoms with Crippen LogP contribution in [-0.4, -0.2) is 10.8 Å². The van der Waals surface area contributed by atoms with Crippen molar-refractivity contribution in [2.24, 2.45) is 10.9 Å². The summed E-state index contributed by atoms with van der Waals surface area (Å²) in [6, 6.07) is 0. The number of aliphatic imine (C=N–C) groups is 1. The summed E-state index contributed by atoms with van der Waals surface area (Å²) in [5.74, 6) is 0.674. The summed E-state index contributed by atoms with van der Waals surface area (Å²) in [7, 11) is 0. The van der Waals surface area contributed by atoms with Gasteiger partial charge in [-0.3, -0.25) is 4.99 Å². The van der Waals surface area contributed by atoms with E-state index in [0.717, 1.165) is 0 Å². The molecule has 0 aromatic rings. The van der Waals surface area contributed by atoms with E-state index in [4.69, 9.17) is 0 Å². The molecule has 0 aromatic carbocycles. The average Bonchev–Trinajstić information content (AvgIpc) is 1.84. The smallest absolute Gasteiger partial charge is 0.103 e. The van der Waals surface area contributed by atoms with Crippen molar-refractivity contribution in [2.45, 2.75) is 24.3 Å².